The van der Waals surface area contributed by atoms with Crippen molar-refractivity contribution >= 4 is 11.6 Å². The van der Waals surface area contributed by atoms with Crippen LogP contribution in [0.25, 0.3) is 0 Å². The zero-order chi connectivity index (χ0) is 14.6. The van der Waals surface area contributed by atoms with E-state index in [0.717, 1.165) is 23.6 Å². The lowest BCUT2D eigenvalue weighted by Crippen LogP contribution is -2.19. The maximum absolute atomic E-state index is 6.23. The lowest BCUT2D eigenvalue weighted by molar-refractivity contribution is 0.394. The predicted molar refractivity (Wildman–Crippen MR) is 83.2 cm³/mol. The highest BCUT2D eigenvalue weighted by Gasteiger charge is 2.16. The maximum Gasteiger partial charge on any atom is 0.125 e. The third-order valence-corrected chi connectivity index (χ3v) is 3.55. The monoisotopic (exact) mass is 283 g/mol. The largest absolute Gasteiger partial charge is 0.496 e. The smallest absolute Gasteiger partial charge is 0.125 e. The maximum atomic E-state index is 6.23. The summed E-state index contributed by atoms with van der Waals surface area (Å²) in [6.45, 7) is 8.58. The quantitative estimate of drug-likeness (QED) is 0.840. The van der Waals surface area contributed by atoms with Gasteiger partial charge in [0.2, 0.25) is 0 Å². The van der Waals surface area contributed by atoms with E-state index in [4.69, 9.17) is 22.1 Å². The highest BCUT2D eigenvalue weighted by Crippen LogP contribution is 2.35. The summed E-state index contributed by atoms with van der Waals surface area (Å²) < 4.78 is 5.61. The number of benzene rings is 1. The molecule has 0 aliphatic heterocycles. The lowest BCUT2D eigenvalue weighted by atomic mass is 9.91. The minimum absolute atomic E-state index is 0.227. The summed E-state index contributed by atoms with van der Waals surface area (Å²) in [5.41, 5.74) is 8.23. The van der Waals surface area contributed by atoms with E-state index in [-0.39, 0.29) is 6.04 Å². The van der Waals surface area contributed by atoms with E-state index in [1.807, 2.05) is 19.1 Å². The van der Waals surface area contributed by atoms with E-state index in [1.54, 1.807) is 7.11 Å². The van der Waals surface area contributed by atoms with E-state index in [0.29, 0.717) is 11.8 Å². The van der Waals surface area contributed by atoms with Crippen LogP contribution < -0.4 is 10.5 Å². The molecular formula is C16H26ClNO. The molecule has 1 aromatic rings. The van der Waals surface area contributed by atoms with E-state index in [1.165, 1.54) is 11.1 Å². The highest BCUT2D eigenvalue weighted by atomic mass is 35.5. The molecule has 3 heteroatoms. The lowest BCUT2D eigenvalue weighted by Gasteiger charge is -2.20. The molecule has 2 N–H and O–H groups in total. The van der Waals surface area contributed by atoms with Crippen molar-refractivity contribution in [1.29, 1.82) is 0 Å². The van der Waals surface area contributed by atoms with Crippen LogP contribution in [0.15, 0.2) is 12.1 Å². The van der Waals surface area contributed by atoms with Gasteiger partial charge in [-0.1, -0.05) is 32.4 Å². The molecule has 0 bridgehead atoms. The van der Waals surface area contributed by atoms with Crippen LogP contribution in [0.1, 0.15) is 51.2 Å². The molecule has 1 rings (SSSR count). The Morgan fingerprint density at radius 2 is 1.84 bits per heavy atom. The average Bonchev–Trinajstić information content (AvgIpc) is 2.26. The van der Waals surface area contributed by atoms with Gasteiger partial charge in [-0.3, -0.25) is 0 Å². The normalized spacial score (nSPS) is 14.5. The summed E-state index contributed by atoms with van der Waals surface area (Å²) >= 11 is 6.23. The second-order valence-electron chi connectivity index (χ2n) is 5.86. The van der Waals surface area contributed by atoms with E-state index >= 15 is 0 Å². The fourth-order valence-electron chi connectivity index (χ4n) is 2.60. The van der Waals surface area contributed by atoms with Gasteiger partial charge in [-0.2, -0.15) is 0 Å². The van der Waals surface area contributed by atoms with Crippen LogP contribution in [0.2, 0.25) is 5.02 Å². The van der Waals surface area contributed by atoms with Gasteiger partial charge in [0.25, 0.3) is 0 Å². The van der Waals surface area contributed by atoms with Crippen LogP contribution in [0.3, 0.4) is 0 Å². The molecule has 0 amide bonds. The molecule has 0 aliphatic rings. The SMILES string of the molecule is COc1c(CC(C)CC(C)N)cc(Cl)cc1C(C)C. The highest BCUT2D eigenvalue weighted by molar-refractivity contribution is 6.30. The van der Waals surface area contributed by atoms with E-state index in [9.17, 15) is 0 Å². The number of hydrogen-bond donors (Lipinski definition) is 1. The minimum Gasteiger partial charge on any atom is -0.496 e. The van der Waals surface area contributed by atoms with Crippen molar-refractivity contribution in [3.05, 3.63) is 28.3 Å². The van der Waals surface area contributed by atoms with Crippen LogP contribution in [0.5, 0.6) is 5.75 Å². The van der Waals surface area contributed by atoms with Gasteiger partial charge in [0.1, 0.15) is 5.75 Å². The first-order chi connectivity index (χ1) is 8.85. The molecule has 0 saturated carbocycles. The molecular weight excluding hydrogens is 258 g/mol. The molecule has 0 fully saturated rings. The van der Waals surface area contributed by atoms with Crippen molar-refractivity contribution in [3.8, 4) is 5.75 Å². The zero-order valence-electron chi connectivity index (χ0n) is 12.7. The Labute approximate surface area is 122 Å². The van der Waals surface area contributed by atoms with E-state index < -0.39 is 0 Å². The number of halogens is 1. The zero-order valence-corrected chi connectivity index (χ0v) is 13.4. The third-order valence-electron chi connectivity index (χ3n) is 3.33. The molecule has 0 heterocycles. The molecule has 0 saturated heterocycles. The number of nitrogens with two attached hydrogens (primary N) is 1. The van der Waals surface area contributed by atoms with Gasteiger partial charge < -0.3 is 10.5 Å². The summed E-state index contributed by atoms with van der Waals surface area (Å²) in [6.07, 6.45) is 1.96. The van der Waals surface area contributed by atoms with Crippen molar-refractivity contribution in [2.45, 2.75) is 52.5 Å². The van der Waals surface area contributed by atoms with Gasteiger partial charge >= 0.3 is 0 Å². The van der Waals surface area contributed by atoms with Crippen LogP contribution in [-0.2, 0) is 6.42 Å². The number of hydrogen-bond acceptors (Lipinski definition) is 2. The Morgan fingerprint density at radius 3 is 2.32 bits per heavy atom. The van der Waals surface area contributed by atoms with Crippen molar-refractivity contribution in [3.63, 3.8) is 0 Å². The molecule has 19 heavy (non-hydrogen) atoms. The fraction of sp³-hybridized carbons (Fsp3) is 0.625. The van der Waals surface area contributed by atoms with Crippen molar-refractivity contribution < 1.29 is 4.74 Å². The Balaban J connectivity index is 3.05. The van der Waals surface area contributed by atoms with Crippen molar-refractivity contribution in [2.75, 3.05) is 7.11 Å². The predicted octanol–water partition coefficient (Wildman–Crippen LogP) is 4.39. The Kier molecular flexibility index (Phi) is 6.15. The van der Waals surface area contributed by atoms with Crippen LogP contribution in [-0.4, -0.2) is 13.2 Å². The first-order valence-corrected chi connectivity index (χ1v) is 7.34. The number of ether oxygens (including phenoxy) is 1. The Bertz CT molecular complexity index is 415. The van der Waals surface area contributed by atoms with Crippen LogP contribution >= 0.6 is 11.6 Å². The van der Waals surface area contributed by atoms with Gasteiger partial charge in [-0.25, -0.2) is 0 Å². The van der Waals surface area contributed by atoms with Crippen molar-refractivity contribution in [1.82, 2.24) is 0 Å². The minimum atomic E-state index is 0.227. The summed E-state index contributed by atoms with van der Waals surface area (Å²) in [5.74, 6) is 1.90. The molecule has 0 aromatic heterocycles. The average molecular weight is 284 g/mol. The Morgan fingerprint density at radius 1 is 1.21 bits per heavy atom. The summed E-state index contributed by atoms with van der Waals surface area (Å²) in [7, 11) is 1.73. The molecule has 0 spiro atoms. The number of rotatable bonds is 6. The number of methoxy groups -OCH3 is 1. The Hall–Kier alpha value is -0.730. The molecule has 2 atom stereocenters. The molecule has 0 radical (unpaired) electrons. The second kappa shape index (κ2) is 7.16. The molecule has 2 nitrogen and oxygen atoms in total. The van der Waals surface area contributed by atoms with Gasteiger partial charge in [-0.15, -0.1) is 0 Å². The molecule has 2 unspecified atom stereocenters. The van der Waals surface area contributed by atoms with Gasteiger partial charge in [0.15, 0.2) is 0 Å². The first kappa shape index (κ1) is 16.3. The molecule has 108 valence electrons. The summed E-state index contributed by atoms with van der Waals surface area (Å²) in [6, 6.07) is 4.25. The third kappa shape index (κ3) is 4.70. The first-order valence-electron chi connectivity index (χ1n) is 6.97. The molecule has 0 aliphatic carbocycles. The summed E-state index contributed by atoms with van der Waals surface area (Å²) in [4.78, 5) is 0. The van der Waals surface area contributed by atoms with Crippen molar-refractivity contribution in [2.24, 2.45) is 11.7 Å². The van der Waals surface area contributed by atoms with Gasteiger partial charge in [0.05, 0.1) is 7.11 Å². The van der Waals surface area contributed by atoms with Crippen LogP contribution in [0.4, 0.5) is 0 Å². The van der Waals surface area contributed by atoms with Gasteiger partial charge in [0, 0.05) is 11.1 Å². The van der Waals surface area contributed by atoms with Gasteiger partial charge in [-0.05, 0) is 54.9 Å². The molecule has 1 aromatic carbocycles. The van der Waals surface area contributed by atoms with E-state index in [2.05, 4.69) is 20.8 Å². The standard InChI is InChI=1S/C16H26ClNO/c1-10(2)15-9-14(17)8-13(16(15)19-5)7-11(3)6-12(4)18/h8-12H,6-7,18H2,1-5H3. The second-order valence-corrected chi connectivity index (χ2v) is 6.30. The summed E-state index contributed by atoms with van der Waals surface area (Å²) in [5, 5.41) is 0.785. The fourth-order valence-corrected chi connectivity index (χ4v) is 2.85. The van der Waals surface area contributed by atoms with Crippen LogP contribution in [0, 0.1) is 5.92 Å². The topological polar surface area (TPSA) is 35.2 Å².